The molecular formula is C22H29N3O6S. The number of amides is 1. The number of anilines is 1. The largest absolute Gasteiger partial charge is 0.491 e. The molecule has 0 aliphatic heterocycles. The van der Waals surface area contributed by atoms with Gasteiger partial charge in [0.1, 0.15) is 18.4 Å². The van der Waals surface area contributed by atoms with Gasteiger partial charge >= 0.3 is 0 Å². The van der Waals surface area contributed by atoms with Gasteiger partial charge in [0.15, 0.2) is 0 Å². The first-order valence-electron chi connectivity index (χ1n) is 10.2. The van der Waals surface area contributed by atoms with Crippen LogP contribution in [0.5, 0.6) is 5.75 Å². The van der Waals surface area contributed by atoms with E-state index in [0.717, 1.165) is 27.4 Å². The van der Waals surface area contributed by atoms with Gasteiger partial charge in [-0.2, -0.15) is 0 Å². The molecule has 0 unspecified atom stereocenters. The SMILES string of the molecule is CC[C@H](C(=O)NCCOc1cccc(C)c1C)N(c1cc([N+](=O)[O-])ccc1C)S(C)(=O)=O. The number of nitro benzene ring substituents is 1. The summed E-state index contributed by atoms with van der Waals surface area (Å²) in [7, 11) is -3.90. The number of benzene rings is 2. The maximum Gasteiger partial charge on any atom is 0.271 e. The van der Waals surface area contributed by atoms with Gasteiger partial charge in [0.25, 0.3) is 5.69 Å². The quantitative estimate of drug-likeness (QED) is 0.328. The third kappa shape index (κ3) is 5.97. The van der Waals surface area contributed by atoms with Crippen LogP contribution in [0.4, 0.5) is 11.4 Å². The van der Waals surface area contributed by atoms with Crippen molar-refractivity contribution in [2.75, 3.05) is 23.7 Å². The van der Waals surface area contributed by atoms with E-state index >= 15 is 0 Å². The lowest BCUT2D eigenvalue weighted by molar-refractivity contribution is -0.384. The van der Waals surface area contributed by atoms with Crippen LogP contribution in [0.2, 0.25) is 0 Å². The molecule has 2 rings (SSSR count). The summed E-state index contributed by atoms with van der Waals surface area (Å²) in [5, 5.41) is 13.9. The molecule has 1 atom stereocenters. The van der Waals surface area contributed by atoms with E-state index in [1.165, 1.54) is 18.2 Å². The number of rotatable bonds is 10. The van der Waals surface area contributed by atoms with E-state index in [1.807, 2.05) is 32.0 Å². The monoisotopic (exact) mass is 463 g/mol. The van der Waals surface area contributed by atoms with Crippen LogP contribution >= 0.6 is 0 Å². The molecule has 1 amide bonds. The second kappa shape index (κ2) is 10.4. The summed E-state index contributed by atoms with van der Waals surface area (Å²) < 4.78 is 31.9. The molecule has 10 heteroatoms. The Hall–Kier alpha value is -3.14. The van der Waals surface area contributed by atoms with Gasteiger partial charge in [-0.05, 0) is 49.9 Å². The summed E-state index contributed by atoms with van der Waals surface area (Å²) in [5.74, 6) is 0.213. The number of hydrogen-bond acceptors (Lipinski definition) is 6. The van der Waals surface area contributed by atoms with Gasteiger partial charge in [0, 0.05) is 12.1 Å². The highest BCUT2D eigenvalue weighted by molar-refractivity contribution is 7.92. The molecule has 174 valence electrons. The van der Waals surface area contributed by atoms with Crippen LogP contribution in [0.25, 0.3) is 0 Å². The minimum atomic E-state index is -3.90. The number of ether oxygens (including phenoxy) is 1. The molecule has 0 saturated heterocycles. The Kier molecular flexibility index (Phi) is 8.20. The van der Waals surface area contributed by atoms with Gasteiger partial charge < -0.3 is 10.1 Å². The van der Waals surface area contributed by atoms with Crippen LogP contribution in [0, 0.1) is 30.9 Å². The van der Waals surface area contributed by atoms with E-state index in [0.29, 0.717) is 5.56 Å². The van der Waals surface area contributed by atoms with Crippen molar-refractivity contribution in [3.8, 4) is 5.75 Å². The van der Waals surface area contributed by atoms with Gasteiger partial charge in [0.05, 0.1) is 23.4 Å². The maximum absolute atomic E-state index is 12.9. The fourth-order valence-electron chi connectivity index (χ4n) is 3.32. The lowest BCUT2D eigenvalue weighted by atomic mass is 10.1. The lowest BCUT2D eigenvalue weighted by Crippen LogP contribution is -2.50. The molecule has 32 heavy (non-hydrogen) atoms. The number of carbonyl (C=O) groups is 1. The topological polar surface area (TPSA) is 119 Å². The van der Waals surface area contributed by atoms with E-state index < -0.39 is 26.9 Å². The van der Waals surface area contributed by atoms with E-state index in [-0.39, 0.29) is 30.9 Å². The van der Waals surface area contributed by atoms with E-state index in [4.69, 9.17) is 4.74 Å². The molecule has 2 aromatic rings. The first-order valence-corrected chi connectivity index (χ1v) is 12.0. The standard InChI is InChI=1S/C22H29N3O6S/c1-6-19(22(26)23-12-13-31-21-9-7-8-15(2)17(21)4)24(32(5,29)30)20-14-18(25(27)28)11-10-16(20)3/h7-11,14,19H,6,12-13H2,1-5H3,(H,23,26)/t19-/m1/s1. The van der Waals surface area contributed by atoms with Gasteiger partial charge in [-0.1, -0.05) is 25.1 Å². The molecule has 0 aromatic heterocycles. The number of aryl methyl sites for hydroxylation is 2. The van der Waals surface area contributed by atoms with Crippen LogP contribution < -0.4 is 14.4 Å². The third-order valence-electron chi connectivity index (χ3n) is 5.18. The van der Waals surface area contributed by atoms with Crippen molar-refractivity contribution in [3.05, 3.63) is 63.2 Å². The van der Waals surface area contributed by atoms with Crippen molar-refractivity contribution in [3.63, 3.8) is 0 Å². The Bertz CT molecular complexity index is 1100. The molecule has 0 radical (unpaired) electrons. The van der Waals surface area contributed by atoms with Crippen LogP contribution in [0.1, 0.15) is 30.0 Å². The van der Waals surface area contributed by atoms with Crippen molar-refractivity contribution in [2.24, 2.45) is 0 Å². The fraction of sp³-hybridized carbons (Fsp3) is 0.409. The molecule has 0 aliphatic carbocycles. The van der Waals surface area contributed by atoms with Gasteiger partial charge in [-0.3, -0.25) is 19.2 Å². The third-order valence-corrected chi connectivity index (χ3v) is 6.35. The van der Waals surface area contributed by atoms with Crippen molar-refractivity contribution >= 4 is 27.3 Å². The summed E-state index contributed by atoms with van der Waals surface area (Å²) in [6.45, 7) is 7.63. The number of nitro groups is 1. The summed E-state index contributed by atoms with van der Waals surface area (Å²) in [6.07, 6.45) is 1.16. The molecule has 0 saturated carbocycles. The summed E-state index contributed by atoms with van der Waals surface area (Å²) in [5.41, 5.74) is 2.46. The lowest BCUT2D eigenvalue weighted by Gasteiger charge is -2.31. The molecule has 9 nitrogen and oxygen atoms in total. The smallest absolute Gasteiger partial charge is 0.271 e. The highest BCUT2D eigenvalue weighted by Crippen LogP contribution is 2.30. The summed E-state index contributed by atoms with van der Waals surface area (Å²) in [4.78, 5) is 23.5. The molecule has 0 fully saturated rings. The number of hydrogen-bond donors (Lipinski definition) is 1. The maximum atomic E-state index is 12.9. The van der Waals surface area contributed by atoms with Crippen molar-refractivity contribution in [2.45, 2.75) is 40.2 Å². The number of sulfonamides is 1. The highest BCUT2D eigenvalue weighted by Gasteiger charge is 2.33. The Morgan fingerprint density at radius 2 is 1.88 bits per heavy atom. The molecule has 1 N–H and O–H groups in total. The van der Waals surface area contributed by atoms with Gasteiger partial charge in [0.2, 0.25) is 15.9 Å². The molecule has 0 heterocycles. The van der Waals surface area contributed by atoms with Crippen LogP contribution in [-0.2, 0) is 14.8 Å². The average molecular weight is 464 g/mol. The number of carbonyl (C=O) groups excluding carboxylic acids is 1. The first-order chi connectivity index (χ1) is 15.0. The van der Waals surface area contributed by atoms with Crippen molar-refractivity contribution in [1.29, 1.82) is 0 Å². The molecule has 0 spiro atoms. The molecule has 0 bridgehead atoms. The van der Waals surface area contributed by atoms with Crippen molar-refractivity contribution < 1.29 is 22.9 Å². The van der Waals surface area contributed by atoms with Gasteiger partial charge in [-0.15, -0.1) is 0 Å². The van der Waals surface area contributed by atoms with E-state index in [9.17, 15) is 23.3 Å². The fourth-order valence-corrected chi connectivity index (χ4v) is 4.58. The Morgan fingerprint density at radius 1 is 1.19 bits per heavy atom. The van der Waals surface area contributed by atoms with Crippen LogP contribution in [0.3, 0.4) is 0 Å². The summed E-state index contributed by atoms with van der Waals surface area (Å²) >= 11 is 0. The minimum Gasteiger partial charge on any atom is -0.491 e. The second-order valence-corrected chi connectivity index (χ2v) is 9.41. The van der Waals surface area contributed by atoms with Crippen LogP contribution in [0.15, 0.2) is 36.4 Å². The van der Waals surface area contributed by atoms with Crippen LogP contribution in [-0.4, -0.2) is 44.7 Å². The number of nitrogens with zero attached hydrogens (tertiary/aromatic N) is 2. The number of nitrogens with one attached hydrogen (secondary N) is 1. The van der Waals surface area contributed by atoms with Gasteiger partial charge in [-0.25, -0.2) is 8.42 Å². The molecular weight excluding hydrogens is 434 g/mol. The minimum absolute atomic E-state index is 0.107. The second-order valence-electron chi connectivity index (χ2n) is 7.55. The Morgan fingerprint density at radius 3 is 2.47 bits per heavy atom. The predicted octanol–water partition coefficient (Wildman–Crippen LogP) is 3.26. The Balaban J connectivity index is 2.19. The Labute approximate surface area is 188 Å². The normalized spacial score (nSPS) is 12.2. The van der Waals surface area contributed by atoms with E-state index in [1.54, 1.807) is 13.8 Å². The van der Waals surface area contributed by atoms with E-state index in [2.05, 4.69) is 5.32 Å². The zero-order valence-corrected chi connectivity index (χ0v) is 19.7. The summed E-state index contributed by atoms with van der Waals surface area (Å²) in [6, 6.07) is 8.58. The zero-order valence-electron chi connectivity index (χ0n) is 18.9. The molecule has 0 aliphatic rings. The molecule has 2 aromatic carbocycles. The first kappa shape index (κ1) is 25.1. The average Bonchev–Trinajstić information content (AvgIpc) is 2.71. The van der Waals surface area contributed by atoms with Crippen molar-refractivity contribution in [1.82, 2.24) is 5.32 Å². The zero-order chi connectivity index (χ0) is 24.1. The number of non-ortho nitro benzene ring substituents is 1. The predicted molar refractivity (Wildman–Crippen MR) is 124 cm³/mol. The highest BCUT2D eigenvalue weighted by atomic mass is 32.2.